The molecule has 0 spiro atoms. The van der Waals surface area contributed by atoms with Crippen molar-refractivity contribution in [3.8, 4) is 0 Å². The van der Waals surface area contributed by atoms with Crippen molar-refractivity contribution in [1.29, 1.82) is 0 Å². The number of thioether (sulfide) groups is 1. The van der Waals surface area contributed by atoms with Gasteiger partial charge in [0.05, 0.1) is 13.2 Å². The van der Waals surface area contributed by atoms with Crippen LogP contribution in [0.15, 0.2) is 29.2 Å². The monoisotopic (exact) mass is 263 g/mol. The summed E-state index contributed by atoms with van der Waals surface area (Å²) in [4.78, 5) is 1.34. The second-order valence-electron chi connectivity index (χ2n) is 5.56. The van der Waals surface area contributed by atoms with Crippen molar-refractivity contribution in [2.24, 2.45) is 5.92 Å². The molecular formula is C15H21NOS. The Kier molecular flexibility index (Phi) is 3.64. The summed E-state index contributed by atoms with van der Waals surface area (Å²) >= 11 is 1.81. The summed E-state index contributed by atoms with van der Waals surface area (Å²) in [6.45, 7) is 4.18. The number of rotatable bonds is 4. The first kappa shape index (κ1) is 12.5. The van der Waals surface area contributed by atoms with Crippen LogP contribution >= 0.6 is 11.8 Å². The zero-order valence-electron chi connectivity index (χ0n) is 10.9. The highest BCUT2D eigenvalue weighted by molar-refractivity contribution is 7.98. The molecule has 3 heteroatoms. The molecule has 0 saturated carbocycles. The van der Waals surface area contributed by atoms with E-state index in [0.29, 0.717) is 5.41 Å². The van der Waals surface area contributed by atoms with Crippen molar-refractivity contribution >= 4 is 11.8 Å². The topological polar surface area (TPSA) is 21.3 Å². The highest BCUT2D eigenvalue weighted by Gasteiger charge is 2.42. The van der Waals surface area contributed by atoms with Gasteiger partial charge >= 0.3 is 0 Å². The van der Waals surface area contributed by atoms with Crippen molar-refractivity contribution in [3.05, 3.63) is 29.8 Å². The molecule has 0 bridgehead atoms. The lowest BCUT2D eigenvalue weighted by molar-refractivity contribution is -0.0706. The van der Waals surface area contributed by atoms with E-state index in [-0.39, 0.29) is 0 Å². The van der Waals surface area contributed by atoms with E-state index in [4.69, 9.17) is 4.74 Å². The lowest BCUT2D eigenvalue weighted by Crippen LogP contribution is -2.48. The van der Waals surface area contributed by atoms with Crippen LogP contribution in [0.1, 0.15) is 18.4 Å². The molecule has 98 valence electrons. The fraction of sp³-hybridized carbons (Fsp3) is 0.600. The molecule has 2 saturated heterocycles. The number of nitrogens with one attached hydrogen (secondary N) is 1. The van der Waals surface area contributed by atoms with Crippen molar-refractivity contribution in [2.45, 2.75) is 23.2 Å². The highest BCUT2D eigenvalue weighted by atomic mass is 32.2. The lowest BCUT2D eigenvalue weighted by atomic mass is 9.72. The Morgan fingerprint density at radius 2 is 2.11 bits per heavy atom. The van der Waals surface area contributed by atoms with Crippen molar-refractivity contribution < 1.29 is 4.74 Å². The van der Waals surface area contributed by atoms with Crippen LogP contribution in [0.25, 0.3) is 0 Å². The maximum Gasteiger partial charge on any atom is 0.0585 e. The van der Waals surface area contributed by atoms with Gasteiger partial charge in [0.1, 0.15) is 0 Å². The first-order valence-electron chi connectivity index (χ1n) is 6.75. The zero-order valence-corrected chi connectivity index (χ0v) is 11.8. The van der Waals surface area contributed by atoms with Crippen LogP contribution in [0.3, 0.4) is 0 Å². The Labute approximate surface area is 113 Å². The van der Waals surface area contributed by atoms with Crippen LogP contribution in [0.2, 0.25) is 0 Å². The molecule has 1 atom stereocenters. The molecule has 18 heavy (non-hydrogen) atoms. The van der Waals surface area contributed by atoms with Gasteiger partial charge in [-0.2, -0.15) is 0 Å². The molecular weight excluding hydrogens is 242 g/mol. The quantitative estimate of drug-likeness (QED) is 0.844. The van der Waals surface area contributed by atoms with Crippen LogP contribution in [0.5, 0.6) is 0 Å². The Bertz CT molecular complexity index is 393. The van der Waals surface area contributed by atoms with Crippen molar-refractivity contribution in [2.75, 3.05) is 32.6 Å². The van der Waals surface area contributed by atoms with E-state index >= 15 is 0 Å². The number of benzene rings is 1. The zero-order chi connectivity index (χ0) is 12.4. The minimum Gasteiger partial charge on any atom is -0.379 e. The molecule has 2 fully saturated rings. The number of hydrogen-bond donors (Lipinski definition) is 1. The first-order chi connectivity index (χ1) is 8.82. The predicted octanol–water partition coefficient (Wildman–Crippen LogP) is 2.68. The second kappa shape index (κ2) is 5.24. The van der Waals surface area contributed by atoms with Crippen LogP contribution < -0.4 is 5.32 Å². The third-order valence-corrected chi connectivity index (χ3v) is 5.04. The Hall–Kier alpha value is -0.510. The molecule has 2 aliphatic heterocycles. The molecule has 0 radical (unpaired) electrons. The Balaban J connectivity index is 1.76. The summed E-state index contributed by atoms with van der Waals surface area (Å²) in [5.74, 6) is 0.828. The van der Waals surface area contributed by atoms with Gasteiger partial charge in [-0.3, -0.25) is 0 Å². The van der Waals surface area contributed by atoms with Crippen LogP contribution in [-0.2, 0) is 10.2 Å². The maximum absolute atomic E-state index is 5.53. The number of ether oxygens (including phenoxy) is 1. The van der Waals surface area contributed by atoms with E-state index in [9.17, 15) is 0 Å². The highest BCUT2D eigenvalue weighted by Crippen LogP contribution is 2.40. The van der Waals surface area contributed by atoms with Gasteiger partial charge in [0.15, 0.2) is 0 Å². The van der Waals surface area contributed by atoms with Gasteiger partial charge in [-0.15, -0.1) is 11.8 Å². The summed E-state index contributed by atoms with van der Waals surface area (Å²) in [5, 5.41) is 3.47. The third-order valence-electron chi connectivity index (χ3n) is 4.30. The van der Waals surface area contributed by atoms with E-state index in [1.54, 1.807) is 11.8 Å². The fourth-order valence-corrected chi connectivity index (χ4v) is 3.54. The minimum atomic E-state index is 0.299. The maximum atomic E-state index is 5.53. The predicted molar refractivity (Wildman–Crippen MR) is 76.3 cm³/mol. The van der Waals surface area contributed by atoms with Gasteiger partial charge in [0.2, 0.25) is 0 Å². The van der Waals surface area contributed by atoms with E-state index < -0.39 is 0 Å². The molecule has 3 rings (SSSR count). The second-order valence-corrected chi connectivity index (χ2v) is 6.44. The number of hydrogen-bond acceptors (Lipinski definition) is 3. The molecule has 0 amide bonds. The summed E-state index contributed by atoms with van der Waals surface area (Å²) in [6, 6.07) is 9.09. The molecule has 2 nitrogen and oxygen atoms in total. The molecule has 1 aromatic rings. The lowest BCUT2D eigenvalue weighted by Gasteiger charge is -2.43. The normalized spacial score (nSPS) is 25.9. The van der Waals surface area contributed by atoms with E-state index in [0.717, 1.165) is 19.1 Å². The summed E-state index contributed by atoms with van der Waals surface area (Å²) in [5.41, 5.74) is 1.77. The largest absolute Gasteiger partial charge is 0.379 e. The van der Waals surface area contributed by atoms with E-state index in [1.165, 1.54) is 36.4 Å². The molecule has 1 N–H and O–H groups in total. The average Bonchev–Trinajstić information content (AvgIpc) is 2.87. The molecule has 0 aromatic heterocycles. The minimum absolute atomic E-state index is 0.299. The van der Waals surface area contributed by atoms with Gasteiger partial charge in [0, 0.05) is 10.3 Å². The fourth-order valence-electron chi connectivity index (χ4n) is 3.14. The van der Waals surface area contributed by atoms with Gasteiger partial charge in [-0.1, -0.05) is 12.1 Å². The van der Waals surface area contributed by atoms with E-state index in [2.05, 4.69) is 35.8 Å². The van der Waals surface area contributed by atoms with Gasteiger partial charge in [-0.05, 0) is 55.8 Å². The van der Waals surface area contributed by atoms with Crippen molar-refractivity contribution in [3.63, 3.8) is 0 Å². The van der Waals surface area contributed by atoms with Gasteiger partial charge in [0.25, 0.3) is 0 Å². The summed E-state index contributed by atoms with van der Waals surface area (Å²) in [7, 11) is 0. The molecule has 0 aliphatic carbocycles. The van der Waals surface area contributed by atoms with Gasteiger partial charge in [-0.25, -0.2) is 0 Å². The standard InChI is InChI=1S/C15H21NOS/c1-18-14-4-2-13(3-5-14)15(10-17-11-15)8-12-6-7-16-9-12/h2-5,12,16H,6-11H2,1H3. The SMILES string of the molecule is CSc1ccc(C2(CC3CCNC3)COC2)cc1. The first-order valence-corrected chi connectivity index (χ1v) is 7.98. The van der Waals surface area contributed by atoms with Crippen LogP contribution in [-0.4, -0.2) is 32.6 Å². The molecule has 1 aromatic carbocycles. The summed E-state index contributed by atoms with van der Waals surface area (Å²) in [6.07, 6.45) is 4.73. The third kappa shape index (κ3) is 2.31. The smallest absolute Gasteiger partial charge is 0.0585 e. The molecule has 2 aliphatic rings. The van der Waals surface area contributed by atoms with Crippen molar-refractivity contribution in [1.82, 2.24) is 5.32 Å². The summed E-state index contributed by atoms with van der Waals surface area (Å²) < 4.78 is 5.53. The average molecular weight is 263 g/mol. The Morgan fingerprint density at radius 3 is 2.61 bits per heavy atom. The Morgan fingerprint density at radius 1 is 1.33 bits per heavy atom. The molecule has 2 heterocycles. The van der Waals surface area contributed by atoms with Gasteiger partial charge < -0.3 is 10.1 Å². The van der Waals surface area contributed by atoms with E-state index in [1.807, 2.05) is 0 Å². The van der Waals surface area contributed by atoms with Crippen LogP contribution in [0.4, 0.5) is 0 Å². The molecule has 1 unspecified atom stereocenters. The van der Waals surface area contributed by atoms with Crippen LogP contribution in [0, 0.1) is 5.92 Å².